The number of amides is 2. The van der Waals surface area contributed by atoms with Gasteiger partial charge in [-0.3, -0.25) is 9.67 Å². The van der Waals surface area contributed by atoms with Crippen LogP contribution in [0.2, 0.25) is 0 Å². The first-order valence-electron chi connectivity index (χ1n) is 9.75. The van der Waals surface area contributed by atoms with Gasteiger partial charge in [0.25, 0.3) is 0 Å². The fourth-order valence-corrected chi connectivity index (χ4v) is 3.37. The normalized spacial score (nSPS) is 10.8. The first kappa shape index (κ1) is 18.7. The van der Waals surface area contributed by atoms with Crippen LogP contribution >= 0.6 is 0 Å². The summed E-state index contributed by atoms with van der Waals surface area (Å²) in [6, 6.07) is 15.3. The predicted molar refractivity (Wildman–Crippen MR) is 117 cm³/mol. The molecule has 0 atom stereocenters. The second-order valence-electron chi connectivity index (χ2n) is 6.79. The molecule has 29 heavy (non-hydrogen) atoms. The molecule has 0 saturated carbocycles. The third-order valence-corrected chi connectivity index (χ3v) is 4.92. The van der Waals surface area contributed by atoms with Gasteiger partial charge in [-0.15, -0.1) is 0 Å². The van der Waals surface area contributed by atoms with Gasteiger partial charge in [0.15, 0.2) is 0 Å². The summed E-state index contributed by atoms with van der Waals surface area (Å²) >= 11 is 0. The maximum absolute atomic E-state index is 12.3. The highest BCUT2D eigenvalue weighted by Gasteiger charge is 2.09. The number of aromatic nitrogens is 3. The number of carbonyl (C=O) groups is 1. The zero-order chi connectivity index (χ0) is 20.2. The zero-order valence-electron chi connectivity index (χ0n) is 16.5. The largest absolute Gasteiger partial charge is 0.323 e. The van der Waals surface area contributed by atoms with Crippen LogP contribution in [0.25, 0.3) is 22.0 Å². The van der Waals surface area contributed by atoms with Crippen molar-refractivity contribution in [2.45, 2.75) is 26.8 Å². The van der Waals surface area contributed by atoms with E-state index >= 15 is 0 Å². The first-order valence-corrected chi connectivity index (χ1v) is 9.75. The number of nitrogens with one attached hydrogen (secondary N) is 2. The van der Waals surface area contributed by atoms with Crippen molar-refractivity contribution in [3.8, 4) is 11.1 Å². The van der Waals surface area contributed by atoms with E-state index in [4.69, 9.17) is 0 Å². The smallest absolute Gasteiger partial charge is 0.308 e. The molecule has 2 amide bonds. The van der Waals surface area contributed by atoms with Crippen LogP contribution in [-0.2, 0) is 13.0 Å². The Hall–Kier alpha value is -3.67. The average molecular weight is 385 g/mol. The van der Waals surface area contributed by atoms with Crippen molar-refractivity contribution in [1.29, 1.82) is 0 Å². The number of carbonyl (C=O) groups excluding carboxylic acids is 1. The number of aryl methyl sites for hydroxylation is 2. The molecule has 6 heteroatoms. The molecule has 2 heterocycles. The van der Waals surface area contributed by atoms with E-state index in [1.54, 1.807) is 0 Å². The molecule has 4 aromatic rings. The summed E-state index contributed by atoms with van der Waals surface area (Å²) in [7, 11) is 0. The highest BCUT2D eigenvalue weighted by molar-refractivity contribution is 6.00. The van der Waals surface area contributed by atoms with E-state index in [2.05, 4.69) is 34.6 Å². The number of fused-ring (bicyclic) bond motifs is 1. The van der Waals surface area contributed by atoms with Crippen LogP contribution in [0.15, 0.2) is 67.1 Å². The Bertz CT molecular complexity index is 1150. The Morgan fingerprint density at radius 2 is 1.76 bits per heavy atom. The summed E-state index contributed by atoms with van der Waals surface area (Å²) in [5, 5.41) is 11.2. The summed E-state index contributed by atoms with van der Waals surface area (Å²) in [6.45, 7) is 4.95. The third kappa shape index (κ3) is 3.96. The van der Waals surface area contributed by atoms with Crippen LogP contribution in [0.4, 0.5) is 16.2 Å². The average Bonchev–Trinajstić information content (AvgIpc) is 3.18. The number of benzene rings is 2. The Labute approximate surface area is 169 Å². The zero-order valence-corrected chi connectivity index (χ0v) is 16.5. The molecule has 0 radical (unpaired) electrons. The summed E-state index contributed by atoms with van der Waals surface area (Å²) in [4.78, 5) is 16.7. The van der Waals surface area contributed by atoms with E-state index in [9.17, 15) is 4.79 Å². The van der Waals surface area contributed by atoms with Gasteiger partial charge in [0.2, 0.25) is 0 Å². The molecule has 0 saturated heterocycles. The van der Waals surface area contributed by atoms with E-state index < -0.39 is 0 Å². The van der Waals surface area contributed by atoms with Crippen LogP contribution in [-0.4, -0.2) is 20.8 Å². The minimum atomic E-state index is -0.265. The van der Waals surface area contributed by atoms with Crippen LogP contribution in [0, 0.1) is 0 Å². The fraction of sp³-hybridized carbons (Fsp3) is 0.174. The number of nitrogens with zero attached hydrogens (tertiary/aromatic N) is 3. The maximum Gasteiger partial charge on any atom is 0.323 e. The second-order valence-corrected chi connectivity index (χ2v) is 6.79. The van der Waals surface area contributed by atoms with Gasteiger partial charge in [-0.1, -0.05) is 31.2 Å². The topological polar surface area (TPSA) is 71.8 Å². The maximum atomic E-state index is 12.3. The van der Waals surface area contributed by atoms with Gasteiger partial charge in [0.1, 0.15) is 0 Å². The van der Waals surface area contributed by atoms with Gasteiger partial charge in [-0.05, 0) is 48.7 Å². The minimum absolute atomic E-state index is 0.265. The van der Waals surface area contributed by atoms with Crippen molar-refractivity contribution in [2.75, 3.05) is 10.6 Å². The van der Waals surface area contributed by atoms with Crippen LogP contribution in [0.1, 0.15) is 19.4 Å². The Morgan fingerprint density at radius 1 is 0.966 bits per heavy atom. The van der Waals surface area contributed by atoms with E-state index in [1.807, 2.05) is 71.8 Å². The lowest BCUT2D eigenvalue weighted by Gasteiger charge is -2.10. The lowest BCUT2D eigenvalue weighted by atomic mass is 10.0. The predicted octanol–water partition coefficient (Wildman–Crippen LogP) is 5.32. The Balaban J connectivity index is 1.49. The highest BCUT2D eigenvalue weighted by atomic mass is 16.2. The summed E-state index contributed by atoms with van der Waals surface area (Å²) in [5.74, 6) is 0. The number of pyridine rings is 1. The van der Waals surface area contributed by atoms with E-state index in [-0.39, 0.29) is 6.03 Å². The van der Waals surface area contributed by atoms with Crippen LogP contribution < -0.4 is 10.6 Å². The molecule has 0 bridgehead atoms. The van der Waals surface area contributed by atoms with Crippen molar-refractivity contribution in [2.24, 2.45) is 0 Å². The third-order valence-electron chi connectivity index (χ3n) is 4.92. The van der Waals surface area contributed by atoms with Gasteiger partial charge in [-0.25, -0.2) is 4.79 Å². The molecule has 0 aliphatic carbocycles. The molecule has 0 aliphatic rings. The van der Waals surface area contributed by atoms with Gasteiger partial charge in [0.05, 0.1) is 17.9 Å². The van der Waals surface area contributed by atoms with Gasteiger partial charge in [-0.2, -0.15) is 5.10 Å². The lowest BCUT2D eigenvalue weighted by Crippen LogP contribution is -2.19. The van der Waals surface area contributed by atoms with Gasteiger partial charge in [0, 0.05) is 35.1 Å². The molecule has 0 fully saturated rings. The fourth-order valence-electron chi connectivity index (χ4n) is 3.37. The van der Waals surface area contributed by atoms with Crippen molar-refractivity contribution in [3.05, 3.63) is 72.7 Å². The second kappa shape index (κ2) is 8.14. The molecule has 2 aromatic heterocycles. The molecule has 0 unspecified atom stereocenters. The first-order chi connectivity index (χ1) is 14.2. The van der Waals surface area contributed by atoms with E-state index in [1.165, 1.54) is 5.56 Å². The van der Waals surface area contributed by atoms with Crippen molar-refractivity contribution < 1.29 is 4.79 Å². The van der Waals surface area contributed by atoms with Gasteiger partial charge >= 0.3 is 6.03 Å². The molecule has 0 spiro atoms. The quantitative estimate of drug-likeness (QED) is 0.488. The van der Waals surface area contributed by atoms with Crippen molar-refractivity contribution in [1.82, 2.24) is 14.8 Å². The molecular weight excluding hydrogens is 362 g/mol. The lowest BCUT2D eigenvalue weighted by molar-refractivity contribution is 0.262. The van der Waals surface area contributed by atoms with E-state index in [0.29, 0.717) is 0 Å². The molecule has 146 valence electrons. The van der Waals surface area contributed by atoms with E-state index in [0.717, 1.165) is 46.4 Å². The minimum Gasteiger partial charge on any atom is -0.308 e. The van der Waals surface area contributed by atoms with Gasteiger partial charge < -0.3 is 10.6 Å². The summed E-state index contributed by atoms with van der Waals surface area (Å²) in [6.07, 6.45) is 6.49. The SMILES string of the molecule is CCc1cccc(NC(=O)Nc2ccc(-c3cncc4c3cnn4CC)cc2)c1. The number of rotatable bonds is 5. The van der Waals surface area contributed by atoms with Crippen molar-refractivity contribution >= 4 is 28.3 Å². The molecule has 2 aromatic carbocycles. The Morgan fingerprint density at radius 3 is 2.52 bits per heavy atom. The highest BCUT2D eigenvalue weighted by Crippen LogP contribution is 2.28. The summed E-state index contributed by atoms with van der Waals surface area (Å²) in [5.41, 5.74) is 5.75. The molecule has 6 nitrogen and oxygen atoms in total. The molecule has 2 N–H and O–H groups in total. The number of anilines is 2. The molecular formula is C23H23N5O. The Kier molecular flexibility index (Phi) is 5.24. The molecule has 4 rings (SSSR count). The molecule has 0 aliphatic heterocycles. The number of urea groups is 1. The standard InChI is InChI=1S/C23H23N5O/c1-3-16-6-5-7-19(12-16)27-23(29)26-18-10-8-17(9-11-18)20-13-24-15-22-21(20)14-25-28(22)4-2/h5-15H,3-4H2,1-2H3,(H2,26,27,29). The van der Waals surface area contributed by atoms with Crippen LogP contribution in [0.5, 0.6) is 0 Å². The monoisotopic (exact) mass is 385 g/mol. The number of hydrogen-bond donors (Lipinski definition) is 2. The number of hydrogen-bond acceptors (Lipinski definition) is 3. The summed E-state index contributed by atoms with van der Waals surface area (Å²) < 4.78 is 1.93. The van der Waals surface area contributed by atoms with Crippen molar-refractivity contribution in [3.63, 3.8) is 0 Å². The van der Waals surface area contributed by atoms with Crippen LogP contribution in [0.3, 0.4) is 0 Å².